The third kappa shape index (κ3) is 1.58. The molecule has 0 spiro atoms. The summed E-state index contributed by atoms with van der Waals surface area (Å²) >= 11 is 0. The van der Waals surface area contributed by atoms with Crippen LogP contribution in [-0.2, 0) is 10.0 Å². The SMILES string of the molecule is CC(C)C1CN(S(=O)(=O)C2CCC2)C1. The lowest BCUT2D eigenvalue weighted by Gasteiger charge is -2.43. The highest BCUT2D eigenvalue weighted by Crippen LogP contribution is 2.34. The Bertz CT molecular complexity index is 300. The summed E-state index contributed by atoms with van der Waals surface area (Å²) in [5, 5.41) is -0.0457. The van der Waals surface area contributed by atoms with Crippen LogP contribution in [0.5, 0.6) is 0 Å². The second-order valence-electron chi connectivity index (χ2n) is 4.92. The van der Waals surface area contributed by atoms with Crippen LogP contribution in [-0.4, -0.2) is 31.1 Å². The third-order valence-corrected chi connectivity index (χ3v) is 5.98. The summed E-state index contributed by atoms with van der Waals surface area (Å²) in [6, 6.07) is 0. The van der Waals surface area contributed by atoms with Gasteiger partial charge in [-0.2, -0.15) is 0 Å². The van der Waals surface area contributed by atoms with Crippen molar-refractivity contribution in [3.63, 3.8) is 0 Å². The average Bonchev–Trinajstić information content (AvgIpc) is 1.73. The van der Waals surface area contributed by atoms with Crippen molar-refractivity contribution in [3.8, 4) is 0 Å². The minimum Gasteiger partial charge on any atom is -0.212 e. The number of hydrogen-bond acceptors (Lipinski definition) is 2. The number of sulfonamides is 1. The van der Waals surface area contributed by atoms with Gasteiger partial charge in [-0.3, -0.25) is 0 Å². The van der Waals surface area contributed by atoms with E-state index in [1.165, 1.54) is 0 Å². The van der Waals surface area contributed by atoms with Crippen LogP contribution in [0.2, 0.25) is 0 Å². The summed E-state index contributed by atoms with van der Waals surface area (Å²) in [5.74, 6) is 1.20. The molecule has 2 aliphatic rings. The van der Waals surface area contributed by atoms with Gasteiger partial charge in [-0.25, -0.2) is 12.7 Å². The minimum absolute atomic E-state index is 0.0457. The Hall–Kier alpha value is -0.0900. The number of rotatable bonds is 3. The highest BCUT2D eigenvalue weighted by Gasteiger charge is 2.42. The zero-order valence-corrected chi connectivity index (χ0v) is 9.76. The average molecular weight is 217 g/mol. The number of hydrogen-bond donors (Lipinski definition) is 0. The van der Waals surface area contributed by atoms with Gasteiger partial charge in [0.05, 0.1) is 5.25 Å². The van der Waals surface area contributed by atoms with Gasteiger partial charge >= 0.3 is 0 Å². The molecule has 14 heavy (non-hydrogen) atoms. The zero-order valence-electron chi connectivity index (χ0n) is 8.94. The summed E-state index contributed by atoms with van der Waals surface area (Å²) in [4.78, 5) is 0. The van der Waals surface area contributed by atoms with E-state index in [0.717, 1.165) is 32.4 Å². The maximum Gasteiger partial charge on any atom is 0.216 e. The summed E-state index contributed by atoms with van der Waals surface area (Å²) in [6.07, 6.45) is 2.85. The first-order valence-corrected chi connectivity index (χ1v) is 7.01. The molecule has 0 atom stereocenters. The van der Waals surface area contributed by atoms with Crippen molar-refractivity contribution in [3.05, 3.63) is 0 Å². The molecule has 1 saturated heterocycles. The van der Waals surface area contributed by atoms with Gasteiger partial charge < -0.3 is 0 Å². The van der Waals surface area contributed by atoms with E-state index in [2.05, 4.69) is 13.8 Å². The molecule has 2 fully saturated rings. The van der Waals surface area contributed by atoms with Crippen LogP contribution in [0.4, 0.5) is 0 Å². The molecule has 1 heterocycles. The van der Waals surface area contributed by atoms with Crippen LogP contribution in [0.25, 0.3) is 0 Å². The van der Waals surface area contributed by atoms with E-state index in [1.54, 1.807) is 4.31 Å². The fourth-order valence-corrected chi connectivity index (χ4v) is 4.13. The van der Waals surface area contributed by atoms with Gasteiger partial charge in [0, 0.05) is 13.1 Å². The van der Waals surface area contributed by atoms with Crippen molar-refractivity contribution >= 4 is 10.0 Å². The van der Waals surface area contributed by atoms with Gasteiger partial charge in [0.15, 0.2) is 0 Å². The van der Waals surface area contributed by atoms with Crippen molar-refractivity contribution < 1.29 is 8.42 Å². The fraction of sp³-hybridized carbons (Fsp3) is 1.00. The standard InChI is InChI=1S/C10H19NO2S/c1-8(2)9-6-11(7-9)14(12,13)10-4-3-5-10/h8-10H,3-7H2,1-2H3. The van der Waals surface area contributed by atoms with E-state index in [4.69, 9.17) is 0 Å². The van der Waals surface area contributed by atoms with Gasteiger partial charge in [-0.1, -0.05) is 20.3 Å². The monoisotopic (exact) mass is 217 g/mol. The maximum atomic E-state index is 11.9. The highest BCUT2D eigenvalue weighted by atomic mass is 32.2. The smallest absolute Gasteiger partial charge is 0.212 e. The van der Waals surface area contributed by atoms with Gasteiger partial charge in [0.25, 0.3) is 0 Å². The maximum absolute atomic E-state index is 11.9. The molecule has 0 unspecified atom stereocenters. The highest BCUT2D eigenvalue weighted by molar-refractivity contribution is 7.89. The third-order valence-electron chi connectivity index (χ3n) is 3.65. The lowest BCUT2D eigenvalue weighted by Crippen LogP contribution is -2.55. The molecule has 0 aromatic carbocycles. The molecule has 0 bridgehead atoms. The second kappa shape index (κ2) is 3.49. The van der Waals surface area contributed by atoms with E-state index in [9.17, 15) is 8.42 Å². The Morgan fingerprint density at radius 1 is 1.21 bits per heavy atom. The van der Waals surface area contributed by atoms with Crippen LogP contribution in [0.1, 0.15) is 33.1 Å². The Morgan fingerprint density at radius 3 is 2.14 bits per heavy atom. The van der Waals surface area contributed by atoms with Gasteiger partial charge in [-0.15, -0.1) is 0 Å². The Labute approximate surface area is 86.5 Å². The summed E-state index contributed by atoms with van der Waals surface area (Å²) in [5.41, 5.74) is 0. The molecule has 0 N–H and O–H groups in total. The zero-order chi connectivity index (χ0) is 10.3. The molecule has 0 radical (unpaired) electrons. The Balaban J connectivity index is 1.92. The predicted molar refractivity (Wildman–Crippen MR) is 56.5 cm³/mol. The summed E-state index contributed by atoms with van der Waals surface area (Å²) < 4.78 is 25.5. The fourth-order valence-electron chi connectivity index (χ4n) is 1.98. The predicted octanol–water partition coefficient (Wildman–Crippen LogP) is 1.46. The molecule has 1 aliphatic carbocycles. The molecule has 0 amide bonds. The Kier molecular flexibility index (Phi) is 2.60. The topological polar surface area (TPSA) is 37.4 Å². The molecular formula is C10H19NO2S. The molecular weight excluding hydrogens is 198 g/mol. The van der Waals surface area contributed by atoms with Crippen LogP contribution < -0.4 is 0 Å². The first-order valence-electron chi connectivity index (χ1n) is 5.51. The van der Waals surface area contributed by atoms with E-state index in [1.807, 2.05) is 0 Å². The lowest BCUT2D eigenvalue weighted by atomic mass is 9.91. The van der Waals surface area contributed by atoms with E-state index in [0.29, 0.717) is 11.8 Å². The van der Waals surface area contributed by atoms with Crippen LogP contribution in [0.3, 0.4) is 0 Å². The normalized spacial score (nSPS) is 26.2. The first kappa shape index (κ1) is 10.4. The van der Waals surface area contributed by atoms with Crippen molar-refractivity contribution in [2.45, 2.75) is 38.4 Å². The van der Waals surface area contributed by atoms with E-state index >= 15 is 0 Å². The Morgan fingerprint density at radius 2 is 1.79 bits per heavy atom. The van der Waals surface area contributed by atoms with Crippen molar-refractivity contribution in [1.29, 1.82) is 0 Å². The van der Waals surface area contributed by atoms with Crippen LogP contribution in [0.15, 0.2) is 0 Å². The molecule has 0 aromatic heterocycles. The van der Waals surface area contributed by atoms with Crippen molar-refractivity contribution in [2.24, 2.45) is 11.8 Å². The lowest BCUT2D eigenvalue weighted by molar-refractivity contribution is 0.149. The first-order chi connectivity index (χ1) is 6.51. The molecule has 4 heteroatoms. The molecule has 1 saturated carbocycles. The van der Waals surface area contributed by atoms with Crippen LogP contribution >= 0.6 is 0 Å². The van der Waals surface area contributed by atoms with E-state index < -0.39 is 10.0 Å². The molecule has 0 aromatic rings. The van der Waals surface area contributed by atoms with Gasteiger partial charge in [0.1, 0.15) is 0 Å². The summed E-state index contributed by atoms with van der Waals surface area (Å²) in [7, 11) is -2.90. The summed E-state index contributed by atoms with van der Waals surface area (Å²) in [6.45, 7) is 5.85. The molecule has 2 rings (SSSR count). The molecule has 3 nitrogen and oxygen atoms in total. The van der Waals surface area contributed by atoms with Crippen molar-refractivity contribution in [1.82, 2.24) is 4.31 Å². The molecule has 1 aliphatic heterocycles. The van der Waals surface area contributed by atoms with Gasteiger partial charge in [0.2, 0.25) is 10.0 Å². The van der Waals surface area contributed by atoms with E-state index in [-0.39, 0.29) is 5.25 Å². The van der Waals surface area contributed by atoms with Crippen molar-refractivity contribution in [2.75, 3.05) is 13.1 Å². The van der Waals surface area contributed by atoms with Crippen LogP contribution in [0, 0.1) is 11.8 Å². The second-order valence-corrected chi connectivity index (χ2v) is 7.13. The minimum atomic E-state index is -2.90. The largest absolute Gasteiger partial charge is 0.216 e. The number of nitrogens with zero attached hydrogens (tertiary/aromatic N) is 1. The molecule has 82 valence electrons. The van der Waals surface area contributed by atoms with Gasteiger partial charge in [-0.05, 0) is 24.7 Å². The quantitative estimate of drug-likeness (QED) is 0.717.